The number of carbonyl (C=O) groups excluding carboxylic acids is 1. The van der Waals surface area contributed by atoms with Gasteiger partial charge in [0.2, 0.25) is 5.88 Å². The number of aryl methyl sites for hydroxylation is 1. The average Bonchev–Trinajstić information content (AvgIpc) is 2.77. The predicted molar refractivity (Wildman–Crippen MR) is 77.0 cm³/mol. The molecule has 0 atom stereocenters. The molecule has 0 aliphatic rings. The van der Waals surface area contributed by atoms with Crippen molar-refractivity contribution in [1.82, 2.24) is 5.16 Å². The zero-order valence-electron chi connectivity index (χ0n) is 11.6. The lowest BCUT2D eigenvalue weighted by Crippen LogP contribution is -2.12. The van der Waals surface area contributed by atoms with E-state index in [1.165, 1.54) is 6.08 Å². The number of amides is 1. The molecule has 2 N–H and O–H groups in total. The van der Waals surface area contributed by atoms with Crippen LogP contribution in [0.15, 0.2) is 34.9 Å². The van der Waals surface area contributed by atoms with Crippen molar-refractivity contribution in [3.63, 3.8) is 0 Å². The molecule has 108 valence electrons. The molecule has 0 aliphatic heterocycles. The molecular formula is C15H14N2O4. The summed E-state index contributed by atoms with van der Waals surface area (Å²) in [4.78, 5) is 22.6. The Morgan fingerprint density at radius 1 is 1.33 bits per heavy atom. The second kappa shape index (κ2) is 6.04. The van der Waals surface area contributed by atoms with Crippen LogP contribution in [0.3, 0.4) is 0 Å². The van der Waals surface area contributed by atoms with E-state index in [0.29, 0.717) is 22.7 Å². The fourth-order valence-electron chi connectivity index (χ4n) is 1.66. The maximum Gasteiger partial charge on any atom is 0.328 e. The molecule has 0 fully saturated rings. The summed E-state index contributed by atoms with van der Waals surface area (Å²) in [5.41, 5.74) is 2.50. The van der Waals surface area contributed by atoms with Crippen LogP contribution in [0.25, 0.3) is 6.08 Å². The highest BCUT2D eigenvalue weighted by molar-refractivity contribution is 6.04. The highest BCUT2D eigenvalue weighted by Crippen LogP contribution is 2.18. The SMILES string of the molecule is Cc1noc(NC(=O)c2cccc(C=CC(=O)O)c2)c1C. The average molecular weight is 286 g/mol. The summed E-state index contributed by atoms with van der Waals surface area (Å²) in [6, 6.07) is 6.61. The quantitative estimate of drug-likeness (QED) is 0.843. The van der Waals surface area contributed by atoms with Crippen molar-refractivity contribution in [2.45, 2.75) is 13.8 Å². The fraction of sp³-hybridized carbons (Fsp3) is 0.133. The van der Waals surface area contributed by atoms with Crippen LogP contribution in [0.1, 0.15) is 27.2 Å². The molecular weight excluding hydrogens is 272 g/mol. The van der Waals surface area contributed by atoms with Crippen LogP contribution >= 0.6 is 0 Å². The normalized spacial score (nSPS) is 10.8. The van der Waals surface area contributed by atoms with Crippen LogP contribution < -0.4 is 5.32 Å². The summed E-state index contributed by atoms with van der Waals surface area (Å²) in [6.07, 6.45) is 2.43. The molecule has 0 spiro atoms. The van der Waals surface area contributed by atoms with Crippen molar-refractivity contribution >= 4 is 23.8 Å². The van der Waals surface area contributed by atoms with Crippen LogP contribution in [-0.2, 0) is 4.79 Å². The van der Waals surface area contributed by atoms with Crippen molar-refractivity contribution in [2.24, 2.45) is 0 Å². The number of rotatable bonds is 4. The molecule has 1 aromatic carbocycles. The van der Waals surface area contributed by atoms with Gasteiger partial charge < -0.3 is 9.63 Å². The van der Waals surface area contributed by atoms with E-state index in [2.05, 4.69) is 10.5 Å². The first-order chi connectivity index (χ1) is 9.97. The summed E-state index contributed by atoms with van der Waals surface area (Å²) >= 11 is 0. The van der Waals surface area contributed by atoms with Crippen molar-refractivity contribution in [2.75, 3.05) is 5.32 Å². The Morgan fingerprint density at radius 2 is 2.10 bits per heavy atom. The molecule has 1 heterocycles. The topological polar surface area (TPSA) is 92.4 Å². The van der Waals surface area contributed by atoms with Gasteiger partial charge in [-0.3, -0.25) is 10.1 Å². The molecule has 0 saturated carbocycles. The molecule has 6 nitrogen and oxygen atoms in total. The smallest absolute Gasteiger partial charge is 0.328 e. The van der Waals surface area contributed by atoms with Crippen LogP contribution in [0, 0.1) is 13.8 Å². The van der Waals surface area contributed by atoms with Crippen LogP contribution in [0.5, 0.6) is 0 Å². The van der Waals surface area contributed by atoms with E-state index in [0.717, 1.165) is 11.6 Å². The van der Waals surface area contributed by atoms with Gasteiger partial charge in [0.15, 0.2) is 0 Å². The molecule has 1 amide bonds. The zero-order valence-corrected chi connectivity index (χ0v) is 11.6. The minimum atomic E-state index is -1.04. The van der Waals surface area contributed by atoms with E-state index in [9.17, 15) is 9.59 Å². The van der Waals surface area contributed by atoms with Crippen LogP contribution in [-0.4, -0.2) is 22.1 Å². The minimum absolute atomic E-state index is 0.309. The maximum absolute atomic E-state index is 12.1. The first-order valence-electron chi connectivity index (χ1n) is 6.22. The summed E-state index contributed by atoms with van der Waals surface area (Å²) in [5.74, 6) is -1.08. The molecule has 0 bridgehead atoms. The molecule has 6 heteroatoms. The highest BCUT2D eigenvalue weighted by Gasteiger charge is 2.13. The number of nitrogens with zero attached hydrogens (tertiary/aromatic N) is 1. The zero-order chi connectivity index (χ0) is 15.4. The van der Waals surface area contributed by atoms with E-state index in [1.807, 2.05) is 0 Å². The standard InChI is InChI=1S/C15H14N2O4/c1-9-10(2)17-21-15(9)16-14(20)12-5-3-4-11(8-12)6-7-13(18)19/h3-8H,1-2H3,(H,16,20)(H,18,19). The Hall–Kier alpha value is -2.89. The number of nitrogens with one attached hydrogen (secondary N) is 1. The number of carboxylic acids is 1. The predicted octanol–water partition coefficient (Wildman–Crippen LogP) is 2.64. The molecule has 0 saturated heterocycles. The number of aromatic nitrogens is 1. The molecule has 21 heavy (non-hydrogen) atoms. The Kier molecular flexibility index (Phi) is 4.18. The van der Waals surface area contributed by atoms with Crippen LogP contribution in [0.4, 0.5) is 5.88 Å². The fourth-order valence-corrected chi connectivity index (χ4v) is 1.66. The molecule has 0 aliphatic carbocycles. The molecule has 0 unspecified atom stereocenters. The highest BCUT2D eigenvalue weighted by atomic mass is 16.5. The Labute approximate surface area is 121 Å². The number of benzene rings is 1. The van der Waals surface area contributed by atoms with Gasteiger partial charge in [0.1, 0.15) is 0 Å². The summed E-state index contributed by atoms with van der Waals surface area (Å²) in [7, 11) is 0. The third-order valence-corrected chi connectivity index (χ3v) is 2.95. The second-order valence-corrected chi connectivity index (χ2v) is 4.47. The van der Waals surface area contributed by atoms with Gasteiger partial charge in [-0.2, -0.15) is 0 Å². The van der Waals surface area contributed by atoms with Crippen molar-refractivity contribution in [3.8, 4) is 0 Å². The van der Waals surface area contributed by atoms with Crippen molar-refractivity contribution < 1.29 is 19.2 Å². The van der Waals surface area contributed by atoms with E-state index in [1.54, 1.807) is 38.1 Å². The number of hydrogen-bond donors (Lipinski definition) is 2. The lowest BCUT2D eigenvalue weighted by molar-refractivity contribution is -0.131. The monoisotopic (exact) mass is 286 g/mol. The van der Waals surface area contributed by atoms with Crippen molar-refractivity contribution in [1.29, 1.82) is 0 Å². The van der Waals surface area contributed by atoms with Crippen LogP contribution in [0.2, 0.25) is 0 Å². The summed E-state index contributed by atoms with van der Waals surface area (Å²) in [5, 5.41) is 15.0. The Balaban J connectivity index is 2.18. The number of aliphatic carboxylic acids is 1. The number of hydrogen-bond acceptors (Lipinski definition) is 4. The number of carboxylic acid groups (broad SMARTS) is 1. The number of carbonyl (C=O) groups is 2. The maximum atomic E-state index is 12.1. The lowest BCUT2D eigenvalue weighted by atomic mass is 10.1. The Bertz CT molecular complexity index is 716. The van der Waals surface area contributed by atoms with Gasteiger partial charge in [-0.05, 0) is 37.6 Å². The van der Waals surface area contributed by atoms with Gasteiger partial charge in [-0.15, -0.1) is 0 Å². The van der Waals surface area contributed by atoms with Gasteiger partial charge in [0.05, 0.1) is 5.69 Å². The van der Waals surface area contributed by atoms with Gasteiger partial charge in [-0.1, -0.05) is 17.3 Å². The van der Waals surface area contributed by atoms with E-state index in [-0.39, 0.29) is 5.91 Å². The molecule has 1 aromatic heterocycles. The molecule has 2 aromatic rings. The van der Waals surface area contributed by atoms with Gasteiger partial charge >= 0.3 is 5.97 Å². The molecule has 0 radical (unpaired) electrons. The Morgan fingerprint density at radius 3 is 2.71 bits per heavy atom. The lowest BCUT2D eigenvalue weighted by Gasteiger charge is -2.03. The summed E-state index contributed by atoms with van der Waals surface area (Å²) < 4.78 is 5.02. The summed E-state index contributed by atoms with van der Waals surface area (Å²) in [6.45, 7) is 3.58. The first kappa shape index (κ1) is 14.5. The number of anilines is 1. The van der Waals surface area contributed by atoms with Gasteiger partial charge in [-0.25, -0.2) is 4.79 Å². The third kappa shape index (κ3) is 3.56. The van der Waals surface area contributed by atoms with Gasteiger partial charge in [0, 0.05) is 17.2 Å². The molecule has 2 rings (SSSR count). The third-order valence-electron chi connectivity index (χ3n) is 2.95. The van der Waals surface area contributed by atoms with Crippen molar-refractivity contribution in [3.05, 3.63) is 52.7 Å². The van der Waals surface area contributed by atoms with E-state index in [4.69, 9.17) is 9.63 Å². The first-order valence-corrected chi connectivity index (χ1v) is 6.22. The van der Waals surface area contributed by atoms with Gasteiger partial charge in [0.25, 0.3) is 5.91 Å². The van der Waals surface area contributed by atoms with E-state index < -0.39 is 5.97 Å². The van der Waals surface area contributed by atoms with E-state index >= 15 is 0 Å². The minimum Gasteiger partial charge on any atom is -0.478 e. The second-order valence-electron chi connectivity index (χ2n) is 4.47. The largest absolute Gasteiger partial charge is 0.478 e.